The Kier molecular flexibility index (Phi) is 8.84. The number of nitrogens with one attached hydrogen (secondary N) is 2. The smallest absolute Gasteiger partial charge is 0.271 e. The minimum Gasteiger partial charge on any atom is -0.493 e. The first kappa shape index (κ1) is 26.5. The van der Waals surface area contributed by atoms with Crippen molar-refractivity contribution in [3.8, 4) is 11.5 Å². The van der Waals surface area contributed by atoms with Gasteiger partial charge in [0.1, 0.15) is 0 Å². The van der Waals surface area contributed by atoms with Gasteiger partial charge in [-0.15, -0.1) is 10.2 Å². The average Bonchev–Trinajstić information content (AvgIpc) is 3.28. The molecule has 190 valence electrons. The maximum atomic E-state index is 12.6. The van der Waals surface area contributed by atoms with Gasteiger partial charge in [0.15, 0.2) is 22.5 Å². The van der Waals surface area contributed by atoms with Crippen LogP contribution in [-0.2, 0) is 17.9 Å². The molecule has 0 saturated heterocycles. The fourth-order valence-electron chi connectivity index (χ4n) is 3.29. The molecule has 2 N–H and O–H groups in total. The lowest BCUT2D eigenvalue weighted by Gasteiger charge is -2.11. The van der Waals surface area contributed by atoms with E-state index in [0.717, 1.165) is 0 Å². The molecule has 0 aliphatic rings. The van der Waals surface area contributed by atoms with Crippen molar-refractivity contribution in [2.45, 2.75) is 32.1 Å². The molecular formula is C23H26N6O6S. The maximum absolute atomic E-state index is 12.6. The molecule has 1 heterocycles. The van der Waals surface area contributed by atoms with Crippen molar-refractivity contribution in [3.63, 3.8) is 0 Å². The molecule has 0 aliphatic heterocycles. The molecule has 13 heteroatoms. The Morgan fingerprint density at radius 1 is 1.11 bits per heavy atom. The van der Waals surface area contributed by atoms with Crippen LogP contribution in [0, 0.1) is 17.0 Å². The van der Waals surface area contributed by atoms with E-state index in [1.165, 1.54) is 38.1 Å². The molecule has 12 nitrogen and oxygen atoms in total. The lowest BCUT2D eigenvalue weighted by Crippen LogP contribution is -2.25. The van der Waals surface area contributed by atoms with Crippen LogP contribution in [0.1, 0.15) is 28.7 Å². The molecule has 0 atom stereocenters. The first-order valence-corrected chi connectivity index (χ1v) is 11.9. The van der Waals surface area contributed by atoms with Gasteiger partial charge in [0.05, 0.1) is 37.1 Å². The number of anilines is 1. The Hall–Kier alpha value is -4.13. The molecule has 3 aromatic rings. The summed E-state index contributed by atoms with van der Waals surface area (Å²) >= 11 is 1.18. The Bertz CT molecular complexity index is 1280. The van der Waals surface area contributed by atoms with E-state index in [-0.39, 0.29) is 29.8 Å². The Morgan fingerprint density at radius 3 is 2.53 bits per heavy atom. The molecular weight excluding hydrogens is 488 g/mol. The third-order valence-corrected chi connectivity index (χ3v) is 6.17. The van der Waals surface area contributed by atoms with Crippen LogP contribution in [0.3, 0.4) is 0 Å². The highest BCUT2D eigenvalue weighted by atomic mass is 32.2. The number of nitrogens with zero attached hydrogens (tertiary/aromatic N) is 4. The number of benzene rings is 2. The highest BCUT2D eigenvalue weighted by molar-refractivity contribution is 7.99. The van der Waals surface area contributed by atoms with Gasteiger partial charge >= 0.3 is 0 Å². The summed E-state index contributed by atoms with van der Waals surface area (Å²) in [5.74, 6) is 0.868. The van der Waals surface area contributed by atoms with Gasteiger partial charge in [0, 0.05) is 24.2 Å². The normalized spacial score (nSPS) is 10.6. The van der Waals surface area contributed by atoms with Crippen molar-refractivity contribution in [2.75, 3.05) is 25.3 Å². The number of rotatable bonds is 11. The number of methoxy groups -OCH3 is 2. The number of aryl methyl sites for hydroxylation is 1. The quantitative estimate of drug-likeness (QED) is 0.223. The second kappa shape index (κ2) is 12.0. The summed E-state index contributed by atoms with van der Waals surface area (Å²) in [7, 11) is 3.01. The van der Waals surface area contributed by atoms with Gasteiger partial charge in [0.2, 0.25) is 5.91 Å². The van der Waals surface area contributed by atoms with Crippen LogP contribution in [-0.4, -0.2) is 51.5 Å². The van der Waals surface area contributed by atoms with Crippen LogP contribution in [0.4, 0.5) is 11.4 Å². The first-order valence-electron chi connectivity index (χ1n) is 10.9. The Balaban J connectivity index is 1.61. The number of hydrogen-bond acceptors (Lipinski definition) is 9. The van der Waals surface area contributed by atoms with E-state index in [1.807, 2.05) is 6.92 Å². The number of ether oxygens (including phenoxy) is 2. The highest BCUT2D eigenvalue weighted by Gasteiger charge is 2.17. The molecule has 2 aromatic carbocycles. The molecule has 3 rings (SSSR count). The number of hydrogen-bond donors (Lipinski definition) is 2. The lowest BCUT2D eigenvalue weighted by molar-refractivity contribution is -0.384. The summed E-state index contributed by atoms with van der Waals surface area (Å²) in [5.41, 5.74) is 1.39. The summed E-state index contributed by atoms with van der Waals surface area (Å²) < 4.78 is 12.2. The zero-order valence-electron chi connectivity index (χ0n) is 20.2. The molecule has 0 saturated carbocycles. The molecule has 0 spiro atoms. The molecule has 0 unspecified atom stereocenters. The van der Waals surface area contributed by atoms with Gasteiger partial charge in [-0.2, -0.15) is 0 Å². The number of nitro groups is 1. The molecule has 0 radical (unpaired) electrons. The Morgan fingerprint density at radius 2 is 1.86 bits per heavy atom. The predicted molar refractivity (Wildman–Crippen MR) is 134 cm³/mol. The van der Waals surface area contributed by atoms with Gasteiger partial charge in [-0.05, 0) is 37.6 Å². The number of non-ortho nitro benzene ring substituents is 1. The van der Waals surface area contributed by atoms with Crippen LogP contribution in [0.5, 0.6) is 11.5 Å². The topological polar surface area (TPSA) is 151 Å². The van der Waals surface area contributed by atoms with Crippen LogP contribution in [0.2, 0.25) is 0 Å². The largest absolute Gasteiger partial charge is 0.493 e. The van der Waals surface area contributed by atoms with Gasteiger partial charge in [-0.3, -0.25) is 19.7 Å². The van der Waals surface area contributed by atoms with Crippen molar-refractivity contribution in [1.82, 2.24) is 20.1 Å². The van der Waals surface area contributed by atoms with Crippen molar-refractivity contribution in [1.29, 1.82) is 0 Å². The molecule has 1 aromatic heterocycles. The van der Waals surface area contributed by atoms with Gasteiger partial charge in [0.25, 0.3) is 11.6 Å². The number of nitro benzene ring substituents is 1. The average molecular weight is 515 g/mol. The maximum Gasteiger partial charge on any atom is 0.271 e. The predicted octanol–water partition coefficient (Wildman–Crippen LogP) is 3.19. The number of carbonyl (C=O) groups excluding carboxylic acids is 2. The fourth-order valence-corrected chi connectivity index (χ4v) is 4.11. The molecule has 2 amide bonds. The minimum atomic E-state index is -0.515. The summed E-state index contributed by atoms with van der Waals surface area (Å²) in [6.07, 6.45) is 0. The second-order valence-corrected chi connectivity index (χ2v) is 8.43. The van der Waals surface area contributed by atoms with Crippen LogP contribution in [0.15, 0.2) is 41.6 Å². The minimum absolute atomic E-state index is 0.0261. The van der Waals surface area contributed by atoms with Crippen LogP contribution < -0.4 is 20.1 Å². The number of carbonyl (C=O) groups is 2. The Labute approximate surface area is 211 Å². The van der Waals surface area contributed by atoms with Gasteiger partial charge < -0.3 is 24.7 Å². The van der Waals surface area contributed by atoms with E-state index >= 15 is 0 Å². The van der Waals surface area contributed by atoms with Crippen LogP contribution >= 0.6 is 11.8 Å². The number of aromatic nitrogens is 3. The lowest BCUT2D eigenvalue weighted by atomic mass is 10.2. The van der Waals surface area contributed by atoms with Crippen molar-refractivity contribution >= 4 is 35.0 Å². The molecule has 0 aliphatic carbocycles. The van der Waals surface area contributed by atoms with E-state index in [1.54, 1.807) is 35.8 Å². The highest BCUT2D eigenvalue weighted by Crippen LogP contribution is 2.27. The number of amides is 2. The van der Waals surface area contributed by atoms with Crippen molar-refractivity contribution in [2.24, 2.45) is 0 Å². The fraction of sp³-hybridized carbons (Fsp3) is 0.304. The standard InChI is InChI=1S/C23H26N6O6S/c1-5-28-20(12-24-22(31)15-7-9-18(34-3)19(10-15)35-4)26-27-23(28)36-13-21(30)25-17-11-16(29(32)33)8-6-14(17)2/h6-11H,5,12-13H2,1-4H3,(H,24,31)(H,25,30). The monoisotopic (exact) mass is 514 g/mol. The third kappa shape index (κ3) is 6.30. The van der Waals surface area contributed by atoms with E-state index in [4.69, 9.17) is 9.47 Å². The van der Waals surface area contributed by atoms with E-state index < -0.39 is 4.92 Å². The molecule has 36 heavy (non-hydrogen) atoms. The summed E-state index contributed by atoms with van der Waals surface area (Å²) in [6, 6.07) is 9.15. The second-order valence-electron chi connectivity index (χ2n) is 7.49. The third-order valence-electron chi connectivity index (χ3n) is 5.20. The summed E-state index contributed by atoms with van der Waals surface area (Å²) in [4.78, 5) is 35.6. The van der Waals surface area contributed by atoms with Gasteiger partial charge in [-0.1, -0.05) is 17.8 Å². The van der Waals surface area contributed by atoms with Crippen molar-refractivity contribution in [3.05, 3.63) is 63.5 Å². The zero-order valence-corrected chi connectivity index (χ0v) is 21.0. The van der Waals surface area contributed by atoms with E-state index in [2.05, 4.69) is 20.8 Å². The van der Waals surface area contributed by atoms with Crippen LogP contribution in [0.25, 0.3) is 0 Å². The first-order chi connectivity index (χ1) is 17.3. The zero-order chi connectivity index (χ0) is 26.2. The summed E-state index contributed by atoms with van der Waals surface area (Å²) in [5, 5.41) is 25.3. The van der Waals surface area contributed by atoms with E-state index in [9.17, 15) is 19.7 Å². The molecule has 0 bridgehead atoms. The van der Waals surface area contributed by atoms with E-state index in [0.29, 0.717) is 45.8 Å². The molecule has 0 fully saturated rings. The number of thioether (sulfide) groups is 1. The van der Waals surface area contributed by atoms with Crippen molar-refractivity contribution < 1.29 is 24.0 Å². The SMILES string of the molecule is CCn1c(CNC(=O)c2ccc(OC)c(OC)c2)nnc1SCC(=O)Nc1cc([N+](=O)[O-])ccc1C. The summed E-state index contributed by atoms with van der Waals surface area (Å²) in [6.45, 7) is 4.32. The van der Waals surface area contributed by atoms with Gasteiger partial charge in [-0.25, -0.2) is 0 Å².